The zero-order chi connectivity index (χ0) is 19.1. The molecule has 5 heteroatoms. The van der Waals surface area contributed by atoms with Crippen LogP contribution in [0.15, 0.2) is 18.2 Å². The minimum atomic E-state index is -0.933. The molecule has 2 unspecified atom stereocenters. The molecule has 0 aliphatic rings. The van der Waals surface area contributed by atoms with Crippen molar-refractivity contribution in [1.29, 1.82) is 0 Å². The van der Waals surface area contributed by atoms with E-state index in [1.807, 2.05) is 27.7 Å². The van der Waals surface area contributed by atoms with E-state index in [0.717, 1.165) is 12.8 Å². The summed E-state index contributed by atoms with van der Waals surface area (Å²) in [4.78, 5) is 23.7. The number of aliphatic carboxylic acids is 2. The first kappa shape index (κ1) is 21.5. The predicted molar refractivity (Wildman–Crippen MR) is 100 cm³/mol. The van der Waals surface area contributed by atoms with Gasteiger partial charge in [-0.15, -0.1) is 0 Å². The summed E-state index contributed by atoms with van der Waals surface area (Å²) < 4.78 is 0. The van der Waals surface area contributed by atoms with Crippen molar-refractivity contribution in [2.75, 3.05) is 0 Å². The number of carboxylic acid groups (broad SMARTS) is 2. The lowest BCUT2D eigenvalue weighted by Gasteiger charge is -2.22. The minimum Gasteiger partial charge on any atom is -0.481 e. The van der Waals surface area contributed by atoms with Crippen LogP contribution in [0.2, 0.25) is 5.02 Å². The van der Waals surface area contributed by atoms with Crippen molar-refractivity contribution >= 4 is 23.5 Å². The molecule has 2 atom stereocenters. The molecular formula is C20H29ClO4. The number of rotatable bonds is 10. The van der Waals surface area contributed by atoms with Gasteiger partial charge in [0.25, 0.3) is 0 Å². The van der Waals surface area contributed by atoms with Crippen molar-refractivity contribution in [3.05, 3.63) is 34.3 Å². The Labute approximate surface area is 155 Å². The third-order valence-electron chi connectivity index (χ3n) is 4.46. The Kier molecular flexibility index (Phi) is 8.43. The summed E-state index contributed by atoms with van der Waals surface area (Å²) in [7, 11) is 0. The van der Waals surface area contributed by atoms with E-state index in [1.54, 1.807) is 18.2 Å². The molecule has 1 aromatic carbocycles. The van der Waals surface area contributed by atoms with Gasteiger partial charge in [-0.05, 0) is 60.8 Å². The highest BCUT2D eigenvalue weighted by atomic mass is 35.5. The summed E-state index contributed by atoms with van der Waals surface area (Å²) in [6, 6.07) is 4.95. The second-order valence-electron chi connectivity index (χ2n) is 7.50. The molecule has 0 spiro atoms. The Bertz CT molecular complexity index is 595. The smallest absolute Gasteiger partial charge is 0.310 e. The number of halogens is 1. The summed E-state index contributed by atoms with van der Waals surface area (Å²) in [6.07, 6.45) is 2.48. The van der Waals surface area contributed by atoms with Gasteiger partial charge in [-0.25, -0.2) is 0 Å². The highest BCUT2D eigenvalue weighted by molar-refractivity contribution is 6.30. The number of carboxylic acids is 2. The number of hydrogen-bond acceptors (Lipinski definition) is 2. The van der Waals surface area contributed by atoms with Crippen molar-refractivity contribution in [2.24, 2.45) is 11.8 Å². The van der Waals surface area contributed by atoms with Crippen LogP contribution in [0.1, 0.15) is 76.3 Å². The Hall–Kier alpha value is -1.55. The molecular weight excluding hydrogens is 340 g/mol. The highest BCUT2D eigenvalue weighted by Gasteiger charge is 2.29. The van der Waals surface area contributed by atoms with Gasteiger partial charge in [0, 0.05) is 5.02 Å². The molecule has 25 heavy (non-hydrogen) atoms. The Balaban J connectivity index is 3.30. The summed E-state index contributed by atoms with van der Waals surface area (Å²) in [6.45, 7) is 8.18. The predicted octanol–water partition coefficient (Wildman–Crippen LogP) is 5.55. The van der Waals surface area contributed by atoms with Gasteiger partial charge >= 0.3 is 11.9 Å². The van der Waals surface area contributed by atoms with Crippen LogP contribution in [0.3, 0.4) is 0 Å². The first-order valence-corrected chi connectivity index (χ1v) is 9.26. The maximum absolute atomic E-state index is 11.8. The monoisotopic (exact) mass is 368 g/mol. The number of benzene rings is 1. The van der Waals surface area contributed by atoms with Crippen LogP contribution in [0.4, 0.5) is 0 Å². The normalized spacial score (nSPS) is 13.9. The van der Waals surface area contributed by atoms with E-state index in [-0.39, 0.29) is 0 Å². The molecule has 1 rings (SSSR count). The Morgan fingerprint density at radius 1 is 0.840 bits per heavy atom. The molecule has 0 saturated heterocycles. The van der Waals surface area contributed by atoms with Gasteiger partial charge in [0.1, 0.15) is 0 Å². The van der Waals surface area contributed by atoms with Gasteiger partial charge in [0.05, 0.1) is 11.8 Å². The van der Waals surface area contributed by atoms with Crippen LogP contribution < -0.4 is 0 Å². The lowest BCUT2D eigenvalue weighted by atomic mass is 9.82. The fourth-order valence-electron chi connectivity index (χ4n) is 2.99. The van der Waals surface area contributed by atoms with Crippen molar-refractivity contribution in [3.63, 3.8) is 0 Å². The molecule has 0 amide bonds. The molecule has 0 aromatic heterocycles. The maximum Gasteiger partial charge on any atom is 0.310 e. The van der Waals surface area contributed by atoms with Crippen LogP contribution in [0, 0.1) is 11.8 Å². The van der Waals surface area contributed by atoms with Crippen molar-refractivity contribution < 1.29 is 19.8 Å². The number of hydrogen-bond donors (Lipinski definition) is 2. The molecule has 0 aliphatic carbocycles. The van der Waals surface area contributed by atoms with E-state index in [2.05, 4.69) is 0 Å². The molecule has 0 aliphatic heterocycles. The fraction of sp³-hybridized carbons (Fsp3) is 0.600. The summed E-state index contributed by atoms with van der Waals surface area (Å²) in [5.41, 5.74) is 1.12. The van der Waals surface area contributed by atoms with Gasteiger partial charge in [-0.2, -0.15) is 0 Å². The van der Waals surface area contributed by atoms with Crippen molar-refractivity contribution in [2.45, 2.75) is 65.2 Å². The van der Waals surface area contributed by atoms with Crippen LogP contribution >= 0.6 is 11.6 Å². The SMILES string of the molecule is CC(C)CCC(C(=O)O)c1ccc(Cl)cc1C(CCC(C)C)C(=O)O. The van der Waals surface area contributed by atoms with Crippen LogP contribution in [-0.4, -0.2) is 22.2 Å². The number of carbonyl (C=O) groups is 2. The quantitative estimate of drug-likeness (QED) is 0.567. The van der Waals surface area contributed by atoms with Gasteiger partial charge < -0.3 is 10.2 Å². The van der Waals surface area contributed by atoms with Gasteiger partial charge in [0.2, 0.25) is 0 Å². The first-order valence-electron chi connectivity index (χ1n) is 8.88. The van der Waals surface area contributed by atoms with Crippen LogP contribution in [-0.2, 0) is 9.59 Å². The summed E-state index contributed by atoms with van der Waals surface area (Å²) in [5.74, 6) is -2.54. The average Bonchev–Trinajstić information content (AvgIpc) is 2.48. The Morgan fingerprint density at radius 2 is 1.28 bits per heavy atom. The third kappa shape index (κ3) is 6.69. The van der Waals surface area contributed by atoms with Gasteiger partial charge in [-0.1, -0.05) is 45.4 Å². The lowest BCUT2D eigenvalue weighted by molar-refractivity contribution is -0.140. The molecule has 1 aromatic rings. The molecule has 4 nitrogen and oxygen atoms in total. The van der Waals surface area contributed by atoms with Crippen molar-refractivity contribution in [1.82, 2.24) is 0 Å². The zero-order valence-corrected chi connectivity index (χ0v) is 16.2. The maximum atomic E-state index is 11.8. The lowest BCUT2D eigenvalue weighted by Crippen LogP contribution is -2.19. The largest absolute Gasteiger partial charge is 0.481 e. The topological polar surface area (TPSA) is 74.6 Å². The van der Waals surface area contributed by atoms with E-state index in [1.165, 1.54) is 0 Å². The van der Waals surface area contributed by atoms with Crippen molar-refractivity contribution in [3.8, 4) is 0 Å². The van der Waals surface area contributed by atoms with E-state index in [9.17, 15) is 19.8 Å². The molecule has 0 saturated carbocycles. The minimum absolute atomic E-state index is 0.376. The zero-order valence-electron chi connectivity index (χ0n) is 15.5. The second-order valence-corrected chi connectivity index (χ2v) is 7.93. The molecule has 0 bridgehead atoms. The average molecular weight is 369 g/mol. The van der Waals surface area contributed by atoms with E-state index < -0.39 is 23.8 Å². The standard InChI is InChI=1S/C20H29ClO4/c1-12(2)5-8-16(19(22)23)15-10-7-14(21)11-18(15)17(20(24)25)9-6-13(3)4/h7,10-13,16-17H,5-6,8-9H2,1-4H3,(H,22,23)(H,24,25). The van der Waals surface area contributed by atoms with Crippen LogP contribution in [0.5, 0.6) is 0 Å². The molecule has 0 heterocycles. The molecule has 0 radical (unpaired) electrons. The van der Waals surface area contributed by atoms with Gasteiger partial charge in [-0.3, -0.25) is 9.59 Å². The summed E-state index contributed by atoms with van der Waals surface area (Å²) >= 11 is 6.10. The summed E-state index contributed by atoms with van der Waals surface area (Å²) in [5, 5.41) is 19.8. The molecule has 0 fully saturated rings. The molecule has 2 N–H and O–H groups in total. The van der Waals surface area contributed by atoms with E-state index >= 15 is 0 Å². The van der Waals surface area contributed by atoms with E-state index in [0.29, 0.717) is 40.8 Å². The second kappa shape index (κ2) is 9.81. The van der Waals surface area contributed by atoms with E-state index in [4.69, 9.17) is 11.6 Å². The highest BCUT2D eigenvalue weighted by Crippen LogP contribution is 2.35. The molecule has 140 valence electrons. The third-order valence-corrected chi connectivity index (χ3v) is 4.70. The fourth-order valence-corrected chi connectivity index (χ4v) is 3.17. The van der Waals surface area contributed by atoms with Crippen LogP contribution in [0.25, 0.3) is 0 Å². The Morgan fingerprint density at radius 3 is 1.68 bits per heavy atom. The van der Waals surface area contributed by atoms with Gasteiger partial charge in [0.15, 0.2) is 0 Å². The first-order chi connectivity index (χ1) is 11.6.